The van der Waals surface area contributed by atoms with Gasteiger partial charge in [-0.05, 0) is 35.9 Å². The van der Waals surface area contributed by atoms with Crippen molar-refractivity contribution in [2.75, 3.05) is 11.9 Å². The molecule has 0 bridgehead atoms. The second kappa shape index (κ2) is 8.05. The Kier molecular flexibility index (Phi) is 5.31. The number of carbonyl (C=O) groups excluding carboxylic acids is 1. The molecule has 6 nitrogen and oxygen atoms in total. The molecule has 2 aromatic heterocycles. The minimum Gasteiger partial charge on any atom is -0.457 e. The first-order valence-electron chi connectivity index (χ1n) is 9.05. The second-order valence-electron chi connectivity index (χ2n) is 6.71. The van der Waals surface area contributed by atoms with Gasteiger partial charge in [0.15, 0.2) is 0 Å². The van der Waals surface area contributed by atoms with Crippen molar-refractivity contribution < 1.29 is 9.53 Å². The van der Waals surface area contributed by atoms with Crippen molar-refractivity contribution >= 4 is 39.2 Å². The number of carbonyl (C=O) groups is 1. The average Bonchev–Trinajstić information content (AvgIpc) is 3.04. The Morgan fingerprint density at radius 3 is 2.62 bits per heavy atom. The Balaban J connectivity index is 1.59. The molecule has 2 heterocycles. The predicted molar refractivity (Wildman–Crippen MR) is 116 cm³/mol. The molecule has 0 aliphatic rings. The number of hydrogen-bond acceptors (Lipinski definition) is 4. The van der Waals surface area contributed by atoms with Gasteiger partial charge < -0.3 is 14.2 Å². The zero-order valence-electron chi connectivity index (χ0n) is 16.0. The molecule has 0 aliphatic heterocycles. The summed E-state index contributed by atoms with van der Waals surface area (Å²) in [5.74, 6) is 2.79. The molecule has 0 fully saturated rings. The number of hydrogen-bond donors (Lipinski definition) is 0. The largest absolute Gasteiger partial charge is 0.457 e. The first-order chi connectivity index (χ1) is 14.0. The molecule has 4 aromatic rings. The molecule has 29 heavy (non-hydrogen) atoms. The number of nitrogens with zero attached hydrogens (tertiary/aromatic N) is 4. The average molecular weight is 451 g/mol. The molecule has 0 saturated carbocycles. The van der Waals surface area contributed by atoms with Gasteiger partial charge in [0.1, 0.15) is 23.1 Å². The number of amides is 1. The van der Waals surface area contributed by atoms with E-state index in [1.54, 1.807) is 25.4 Å². The number of aryl methyl sites for hydroxylation is 1. The summed E-state index contributed by atoms with van der Waals surface area (Å²) in [7, 11) is 3.67. The highest BCUT2D eigenvalue weighted by Gasteiger charge is 2.11. The van der Waals surface area contributed by atoms with Crippen LogP contribution < -0.4 is 9.64 Å². The van der Waals surface area contributed by atoms with Gasteiger partial charge >= 0.3 is 0 Å². The molecule has 2 aromatic carbocycles. The fourth-order valence-electron chi connectivity index (χ4n) is 3.08. The number of benzene rings is 2. The van der Waals surface area contributed by atoms with Gasteiger partial charge in [-0.1, -0.05) is 28.1 Å². The van der Waals surface area contributed by atoms with Crippen molar-refractivity contribution in [1.29, 1.82) is 0 Å². The summed E-state index contributed by atoms with van der Waals surface area (Å²) < 4.78 is 9.13. The number of pyridine rings is 1. The third kappa shape index (κ3) is 4.14. The van der Waals surface area contributed by atoms with E-state index in [0.717, 1.165) is 27.8 Å². The van der Waals surface area contributed by atoms with Crippen LogP contribution in [0.15, 0.2) is 65.3 Å². The van der Waals surface area contributed by atoms with Crippen molar-refractivity contribution in [1.82, 2.24) is 14.5 Å². The topological polar surface area (TPSA) is 60.3 Å². The maximum Gasteiger partial charge on any atom is 0.215 e. The zero-order chi connectivity index (χ0) is 20.4. The number of ether oxygens (including phenoxy) is 1. The lowest BCUT2D eigenvalue weighted by Gasteiger charge is -2.11. The van der Waals surface area contributed by atoms with Crippen LogP contribution >= 0.6 is 15.9 Å². The van der Waals surface area contributed by atoms with Gasteiger partial charge in [-0.3, -0.25) is 4.79 Å². The number of halogens is 1. The molecule has 0 saturated heterocycles. The van der Waals surface area contributed by atoms with E-state index < -0.39 is 0 Å². The van der Waals surface area contributed by atoms with Gasteiger partial charge in [-0.2, -0.15) is 0 Å². The maximum absolute atomic E-state index is 10.9. The lowest BCUT2D eigenvalue weighted by molar-refractivity contribution is -0.107. The Labute approximate surface area is 176 Å². The highest BCUT2D eigenvalue weighted by Crippen LogP contribution is 2.27. The Bertz CT molecular complexity index is 1170. The summed E-state index contributed by atoms with van der Waals surface area (Å²) in [6.07, 6.45) is 3.07. The van der Waals surface area contributed by atoms with Crippen molar-refractivity contribution in [3.8, 4) is 11.5 Å². The van der Waals surface area contributed by atoms with E-state index >= 15 is 0 Å². The van der Waals surface area contributed by atoms with Crippen LogP contribution in [0.3, 0.4) is 0 Å². The van der Waals surface area contributed by atoms with Gasteiger partial charge in [0, 0.05) is 43.3 Å². The van der Waals surface area contributed by atoms with E-state index in [2.05, 4.69) is 37.6 Å². The highest BCUT2D eigenvalue weighted by atomic mass is 79.9. The van der Waals surface area contributed by atoms with Crippen LogP contribution in [0.5, 0.6) is 11.5 Å². The Hall–Kier alpha value is -3.19. The lowest BCUT2D eigenvalue weighted by atomic mass is 10.1. The summed E-state index contributed by atoms with van der Waals surface area (Å²) in [6.45, 7) is 0. The Morgan fingerprint density at radius 1 is 1.10 bits per heavy atom. The molecule has 4 rings (SSSR count). The van der Waals surface area contributed by atoms with Gasteiger partial charge in [-0.15, -0.1) is 0 Å². The van der Waals surface area contributed by atoms with E-state index in [9.17, 15) is 4.79 Å². The number of anilines is 1. The highest BCUT2D eigenvalue weighted by molar-refractivity contribution is 9.10. The molecule has 7 heteroatoms. The molecule has 146 valence electrons. The third-order valence-corrected chi connectivity index (χ3v) is 5.22. The van der Waals surface area contributed by atoms with E-state index in [-0.39, 0.29) is 0 Å². The van der Waals surface area contributed by atoms with Crippen LogP contribution in [0, 0.1) is 0 Å². The first kappa shape index (κ1) is 19.1. The standard InChI is InChI=1S/C22H19BrN4O2/c1-26(14-28)21-13-18(9-10-24-21)29-17-7-8-20-19(12-17)25-22(27(20)2)11-15-3-5-16(23)6-4-15/h3-10,12-14H,11H2,1-2H3. The van der Waals surface area contributed by atoms with Crippen molar-refractivity contribution in [3.05, 3.63) is 76.7 Å². The van der Waals surface area contributed by atoms with Crippen LogP contribution in [0.25, 0.3) is 11.0 Å². The second-order valence-corrected chi connectivity index (χ2v) is 7.62. The summed E-state index contributed by atoms with van der Waals surface area (Å²) in [5, 5.41) is 0. The van der Waals surface area contributed by atoms with E-state index in [1.807, 2.05) is 37.4 Å². The predicted octanol–water partition coefficient (Wildman–Crippen LogP) is 4.71. The molecule has 0 radical (unpaired) electrons. The normalized spacial score (nSPS) is 10.9. The number of rotatable bonds is 6. The Morgan fingerprint density at radius 2 is 1.86 bits per heavy atom. The van der Waals surface area contributed by atoms with Crippen molar-refractivity contribution in [3.63, 3.8) is 0 Å². The lowest BCUT2D eigenvalue weighted by Crippen LogP contribution is -2.14. The zero-order valence-corrected chi connectivity index (χ0v) is 17.6. The maximum atomic E-state index is 10.9. The fourth-order valence-corrected chi connectivity index (χ4v) is 3.35. The van der Waals surface area contributed by atoms with Crippen molar-refractivity contribution in [2.45, 2.75) is 6.42 Å². The van der Waals surface area contributed by atoms with Crippen LogP contribution in [-0.4, -0.2) is 28.0 Å². The summed E-state index contributed by atoms with van der Waals surface area (Å²) in [6, 6.07) is 17.6. The monoisotopic (exact) mass is 450 g/mol. The molecule has 0 unspecified atom stereocenters. The molecule has 1 amide bonds. The number of fused-ring (bicyclic) bond motifs is 1. The number of aromatic nitrogens is 3. The molecule has 0 N–H and O–H groups in total. The molecule has 0 aliphatic carbocycles. The smallest absolute Gasteiger partial charge is 0.215 e. The van der Waals surface area contributed by atoms with Gasteiger partial charge in [0.05, 0.1) is 11.0 Å². The van der Waals surface area contributed by atoms with Crippen LogP contribution in [0.2, 0.25) is 0 Å². The van der Waals surface area contributed by atoms with E-state index in [4.69, 9.17) is 9.72 Å². The molecular formula is C22H19BrN4O2. The van der Waals surface area contributed by atoms with E-state index in [0.29, 0.717) is 23.7 Å². The minimum atomic E-state index is 0.521. The first-order valence-corrected chi connectivity index (χ1v) is 9.84. The van der Waals surface area contributed by atoms with Gasteiger partial charge in [-0.25, -0.2) is 9.97 Å². The molecule has 0 atom stereocenters. The summed E-state index contributed by atoms with van der Waals surface area (Å²) in [5.41, 5.74) is 3.11. The minimum absolute atomic E-state index is 0.521. The van der Waals surface area contributed by atoms with Gasteiger partial charge in [0.25, 0.3) is 0 Å². The fraction of sp³-hybridized carbons (Fsp3) is 0.136. The van der Waals surface area contributed by atoms with Crippen LogP contribution in [0.1, 0.15) is 11.4 Å². The van der Waals surface area contributed by atoms with Crippen LogP contribution in [0.4, 0.5) is 5.82 Å². The summed E-state index contributed by atoms with van der Waals surface area (Å²) >= 11 is 3.47. The SMILES string of the molecule is CN(C=O)c1cc(Oc2ccc3c(c2)nc(Cc2ccc(Br)cc2)n3C)ccn1. The third-order valence-electron chi connectivity index (χ3n) is 4.69. The molecular weight excluding hydrogens is 432 g/mol. The quantitative estimate of drug-likeness (QED) is 0.399. The van der Waals surface area contributed by atoms with Gasteiger partial charge in [0.2, 0.25) is 6.41 Å². The van der Waals surface area contributed by atoms with E-state index in [1.165, 1.54) is 10.5 Å². The molecule has 0 spiro atoms. The number of imidazole rings is 1. The van der Waals surface area contributed by atoms with Crippen LogP contribution in [-0.2, 0) is 18.3 Å². The summed E-state index contributed by atoms with van der Waals surface area (Å²) in [4.78, 5) is 21.3. The van der Waals surface area contributed by atoms with Crippen molar-refractivity contribution in [2.24, 2.45) is 7.05 Å².